The predicted molar refractivity (Wildman–Crippen MR) is 106 cm³/mol. The third-order valence-electron chi connectivity index (χ3n) is 5.56. The van der Waals surface area contributed by atoms with Crippen molar-refractivity contribution in [1.82, 2.24) is 20.1 Å². The third kappa shape index (κ3) is 3.21. The van der Waals surface area contributed by atoms with Gasteiger partial charge in [-0.05, 0) is 37.1 Å². The number of nitrogens with zero attached hydrogens (tertiary/aromatic N) is 3. The summed E-state index contributed by atoms with van der Waals surface area (Å²) in [6, 6.07) is 4.14. The average molecular weight is 453 g/mol. The van der Waals surface area contributed by atoms with Crippen LogP contribution in [0.4, 0.5) is 18.9 Å². The van der Waals surface area contributed by atoms with Crippen LogP contribution in [0.3, 0.4) is 0 Å². The minimum atomic E-state index is -4.76. The molecule has 1 aromatic carbocycles. The average Bonchev–Trinajstić information content (AvgIpc) is 3.05. The summed E-state index contributed by atoms with van der Waals surface area (Å²) in [5.41, 5.74) is 6.37. The van der Waals surface area contributed by atoms with Crippen molar-refractivity contribution in [3.8, 4) is 0 Å². The molecule has 0 spiro atoms. The number of hydrogen-bond donors (Lipinski definition) is 2. The molecule has 4 rings (SSSR count). The fourth-order valence-electron chi connectivity index (χ4n) is 3.59. The molecule has 1 aliphatic rings. The van der Waals surface area contributed by atoms with Crippen molar-refractivity contribution in [3.05, 3.63) is 46.8 Å². The highest BCUT2D eigenvalue weighted by Crippen LogP contribution is 2.38. The van der Waals surface area contributed by atoms with Crippen LogP contribution in [-0.2, 0) is 15.5 Å². The number of aromatic nitrogens is 3. The van der Waals surface area contributed by atoms with Gasteiger partial charge in [0.05, 0.1) is 29.4 Å². The van der Waals surface area contributed by atoms with E-state index in [1.54, 1.807) is 13.8 Å². The van der Waals surface area contributed by atoms with Gasteiger partial charge in [0.25, 0.3) is 5.91 Å². The van der Waals surface area contributed by atoms with E-state index in [4.69, 9.17) is 5.73 Å². The molecule has 12 heteroatoms. The van der Waals surface area contributed by atoms with Gasteiger partial charge in [0.1, 0.15) is 5.69 Å². The maximum atomic E-state index is 15.2. The molecule has 0 saturated carbocycles. The summed E-state index contributed by atoms with van der Waals surface area (Å²) in [6.45, 7) is 2.97. The zero-order chi connectivity index (χ0) is 22.7. The molecule has 164 valence electrons. The van der Waals surface area contributed by atoms with Crippen LogP contribution in [0.2, 0.25) is 0 Å². The van der Waals surface area contributed by atoms with Crippen LogP contribution < -0.4 is 5.73 Å². The van der Waals surface area contributed by atoms with E-state index in [0.717, 1.165) is 29.8 Å². The number of alkyl halides is 3. The quantitative estimate of drug-likeness (QED) is 0.626. The smallest absolute Gasteiger partial charge is 0.341 e. The number of anilines is 1. The number of likely N-dealkylation sites (tertiary alicyclic amines) is 1. The van der Waals surface area contributed by atoms with Crippen LogP contribution in [0.25, 0.3) is 11.0 Å². The van der Waals surface area contributed by atoms with Gasteiger partial charge in [-0.3, -0.25) is 4.79 Å². The number of H-pyrrole nitrogens is 1. The van der Waals surface area contributed by atoms with Gasteiger partial charge >= 0.3 is 5.76 Å². The van der Waals surface area contributed by atoms with Crippen molar-refractivity contribution >= 4 is 32.5 Å². The Labute approximate surface area is 175 Å². The highest BCUT2D eigenvalue weighted by Gasteiger charge is 2.48. The zero-order valence-electron chi connectivity index (χ0n) is 16.5. The molecule has 1 fully saturated rings. The fraction of sp³-hybridized carbons (Fsp3) is 0.316. The number of halogens is 3. The normalized spacial score (nSPS) is 16.0. The molecule has 0 bridgehead atoms. The van der Waals surface area contributed by atoms with Crippen molar-refractivity contribution in [2.45, 2.75) is 30.2 Å². The van der Waals surface area contributed by atoms with Gasteiger partial charge in [-0.1, -0.05) is 12.1 Å². The zero-order valence-corrected chi connectivity index (χ0v) is 17.3. The molecule has 31 heavy (non-hydrogen) atoms. The largest absolute Gasteiger partial charge is 0.396 e. The number of nitrogens with two attached hydrogens (primary N) is 1. The monoisotopic (exact) mass is 453 g/mol. The molecule has 3 heterocycles. The molecule has 0 atom stereocenters. The molecular formula is C19H18F3N5O3S. The number of fused-ring (bicyclic) bond motifs is 1. The summed E-state index contributed by atoms with van der Waals surface area (Å²) in [4.78, 5) is 16.3. The Kier molecular flexibility index (Phi) is 4.72. The van der Waals surface area contributed by atoms with E-state index in [2.05, 4.69) is 15.2 Å². The summed E-state index contributed by atoms with van der Waals surface area (Å²) in [7, 11) is -4.76. The number of rotatable bonds is 4. The molecule has 0 unspecified atom stereocenters. The number of nitrogen functional groups attached to an aromatic ring is 1. The number of benzene rings is 1. The van der Waals surface area contributed by atoms with Crippen molar-refractivity contribution in [2.75, 3.05) is 18.8 Å². The Morgan fingerprint density at radius 1 is 1.19 bits per heavy atom. The molecule has 0 radical (unpaired) electrons. The van der Waals surface area contributed by atoms with Gasteiger partial charge in [0.2, 0.25) is 9.84 Å². The SMILES string of the molecule is Cc1nnc2[nH]c(C(=O)N3CC(F)(c4ccc(S(=O)(=O)C(F)F)cc4)C3)c(N)c2c1C. The number of sulfone groups is 1. The molecule has 3 N–H and O–H groups in total. The topological polar surface area (TPSA) is 122 Å². The highest BCUT2D eigenvalue weighted by atomic mass is 32.2. The first kappa shape index (κ1) is 21.1. The van der Waals surface area contributed by atoms with Gasteiger partial charge in [0.15, 0.2) is 11.3 Å². The maximum absolute atomic E-state index is 15.2. The molecule has 1 saturated heterocycles. The second-order valence-electron chi connectivity index (χ2n) is 7.50. The van der Waals surface area contributed by atoms with E-state index >= 15 is 4.39 Å². The molecule has 1 amide bonds. The van der Waals surface area contributed by atoms with Gasteiger partial charge in [0, 0.05) is 5.39 Å². The van der Waals surface area contributed by atoms with Crippen LogP contribution >= 0.6 is 0 Å². The van der Waals surface area contributed by atoms with Gasteiger partial charge in [-0.25, -0.2) is 12.8 Å². The van der Waals surface area contributed by atoms with Gasteiger partial charge in [-0.2, -0.15) is 13.9 Å². The number of carbonyl (C=O) groups excluding carboxylic acids is 1. The van der Waals surface area contributed by atoms with E-state index < -0.39 is 32.1 Å². The first-order valence-electron chi connectivity index (χ1n) is 9.17. The number of aryl methyl sites for hydroxylation is 2. The lowest BCUT2D eigenvalue weighted by atomic mass is 9.87. The standard InChI is InChI=1S/C19H18F3N5O3S/c1-9-10(2)25-26-16-13(9)14(23)15(24-16)17(28)27-7-19(22,8-27)11-3-5-12(6-4-11)31(29,30)18(20)21/h3-6,18H,7-8,23H2,1-2H3,(H,24,26). The van der Waals surface area contributed by atoms with Crippen molar-refractivity contribution in [3.63, 3.8) is 0 Å². The van der Waals surface area contributed by atoms with Crippen LogP contribution in [0.5, 0.6) is 0 Å². The van der Waals surface area contributed by atoms with Crippen LogP contribution in [0.1, 0.15) is 27.3 Å². The lowest BCUT2D eigenvalue weighted by Crippen LogP contribution is -2.58. The summed E-state index contributed by atoms with van der Waals surface area (Å²) in [6.07, 6.45) is 0. The van der Waals surface area contributed by atoms with Crippen molar-refractivity contribution in [2.24, 2.45) is 0 Å². The lowest BCUT2D eigenvalue weighted by molar-refractivity contribution is -0.0233. The Bertz CT molecular complexity index is 1300. The Hall–Kier alpha value is -3.15. The van der Waals surface area contributed by atoms with Crippen LogP contribution in [0.15, 0.2) is 29.2 Å². The minimum absolute atomic E-state index is 0.0819. The third-order valence-corrected chi connectivity index (χ3v) is 6.95. The predicted octanol–water partition coefficient (Wildman–Crippen LogP) is 2.47. The first-order valence-corrected chi connectivity index (χ1v) is 10.7. The summed E-state index contributed by atoms with van der Waals surface area (Å²) < 4.78 is 63.5. The summed E-state index contributed by atoms with van der Waals surface area (Å²) in [5.74, 6) is -4.08. The molecular weight excluding hydrogens is 435 g/mol. The van der Waals surface area contributed by atoms with Crippen molar-refractivity contribution < 1.29 is 26.4 Å². The van der Waals surface area contributed by atoms with Crippen molar-refractivity contribution in [1.29, 1.82) is 0 Å². The highest BCUT2D eigenvalue weighted by molar-refractivity contribution is 7.91. The van der Waals surface area contributed by atoms with E-state index in [9.17, 15) is 22.0 Å². The maximum Gasteiger partial charge on any atom is 0.341 e. The Morgan fingerprint density at radius 2 is 1.81 bits per heavy atom. The van der Waals surface area contributed by atoms with Crippen LogP contribution in [-0.4, -0.2) is 53.3 Å². The number of nitrogens with one attached hydrogen (secondary N) is 1. The lowest BCUT2D eigenvalue weighted by Gasteiger charge is -2.44. The minimum Gasteiger partial charge on any atom is -0.396 e. The number of amides is 1. The van der Waals surface area contributed by atoms with E-state index in [1.807, 2.05) is 0 Å². The second-order valence-corrected chi connectivity index (χ2v) is 9.42. The first-order chi connectivity index (χ1) is 14.5. The number of hydrogen-bond acceptors (Lipinski definition) is 6. The summed E-state index contributed by atoms with van der Waals surface area (Å²) in [5, 5.41) is 8.56. The second kappa shape index (κ2) is 6.94. The molecule has 2 aromatic heterocycles. The number of aromatic amines is 1. The Morgan fingerprint density at radius 3 is 2.39 bits per heavy atom. The van der Waals surface area contributed by atoms with E-state index in [1.165, 1.54) is 4.90 Å². The Balaban J connectivity index is 1.55. The van der Waals surface area contributed by atoms with E-state index in [0.29, 0.717) is 16.7 Å². The van der Waals surface area contributed by atoms with Crippen LogP contribution in [0, 0.1) is 13.8 Å². The van der Waals surface area contributed by atoms with Gasteiger partial charge < -0.3 is 15.6 Å². The number of carbonyl (C=O) groups is 1. The fourth-order valence-corrected chi connectivity index (χ4v) is 4.32. The molecule has 3 aromatic rings. The summed E-state index contributed by atoms with van der Waals surface area (Å²) >= 11 is 0. The van der Waals surface area contributed by atoms with Gasteiger partial charge in [-0.15, -0.1) is 5.10 Å². The van der Waals surface area contributed by atoms with E-state index in [-0.39, 0.29) is 30.0 Å². The molecule has 1 aliphatic heterocycles. The molecule has 8 nitrogen and oxygen atoms in total. The molecule has 0 aliphatic carbocycles.